The third-order valence-electron chi connectivity index (χ3n) is 10.3. The van der Waals surface area contributed by atoms with Crippen molar-refractivity contribution < 1.29 is 4.79 Å². The van der Waals surface area contributed by atoms with Crippen LogP contribution in [0, 0.1) is 0 Å². The number of rotatable bonds is 7. The van der Waals surface area contributed by atoms with Gasteiger partial charge in [-0.05, 0) is 77.6 Å². The number of fused-ring (bicyclic) bond motifs is 2. The molecule has 4 aliphatic rings. The van der Waals surface area contributed by atoms with Crippen LogP contribution in [0.1, 0.15) is 87.2 Å². The Labute approximate surface area is 257 Å². The summed E-state index contributed by atoms with van der Waals surface area (Å²) in [7, 11) is 0. The summed E-state index contributed by atoms with van der Waals surface area (Å²) in [5.41, 5.74) is 5.72. The van der Waals surface area contributed by atoms with Crippen LogP contribution in [0.25, 0.3) is 0 Å². The Bertz CT molecular complexity index is 1330. The molecule has 0 saturated carbocycles. The van der Waals surface area contributed by atoms with Gasteiger partial charge in [0.1, 0.15) is 12.3 Å². The van der Waals surface area contributed by atoms with Crippen molar-refractivity contribution in [1.29, 1.82) is 0 Å². The van der Waals surface area contributed by atoms with E-state index in [9.17, 15) is 0 Å². The van der Waals surface area contributed by atoms with Crippen LogP contribution in [0.4, 0.5) is 11.4 Å². The maximum Gasteiger partial charge on any atom is 0.255 e. The smallest absolute Gasteiger partial charge is 0.255 e. The third kappa shape index (κ3) is 4.93. The topological polar surface area (TPSA) is 33.3 Å². The van der Waals surface area contributed by atoms with E-state index in [1.165, 1.54) is 37.1 Å². The Kier molecular flexibility index (Phi) is 7.68. The Balaban J connectivity index is 1.43. The van der Waals surface area contributed by atoms with Gasteiger partial charge in [-0.15, -0.1) is 0 Å². The van der Waals surface area contributed by atoms with Crippen LogP contribution >= 0.6 is 0 Å². The Morgan fingerprint density at radius 2 is 1.09 bits per heavy atom. The molecule has 6 nitrogen and oxygen atoms in total. The molecule has 1 amide bonds. The fourth-order valence-corrected chi connectivity index (χ4v) is 8.65. The lowest BCUT2D eigenvalue weighted by Gasteiger charge is -2.39. The van der Waals surface area contributed by atoms with Crippen molar-refractivity contribution in [1.82, 2.24) is 14.7 Å². The fraction of sp³-hybridized carbons (Fsp3) is 0.486. The van der Waals surface area contributed by atoms with Gasteiger partial charge in [-0.25, -0.2) is 0 Å². The number of para-hydroxylation sites is 2. The second-order valence-electron chi connectivity index (χ2n) is 13.5. The van der Waals surface area contributed by atoms with Crippen molar-refractivity contribution in [3.63, 3.8) is 0 Å². The van der Waals surface area contributed by atoms with Gasteiger partial charge in [-0.3, -0.25) is 14.6 Å². The lowest BCUT2D eigenvalue weighted by molar-refractivity contribution is 0.0636. The molecule has 4 atom stereocenters. The molecule has 3 aromatic rings. The highest BCUT2D eigenvalue weighted by atomic mass is 16.2. The standard InChI is InChI=1S/C37H47N5O/c1-26(2)42(27(3)4)37(43)34-32(35-38-22-12-18-30(38)24-40(35)28-14-7-5-8-15-28)20-11-21-33(34)36-39-23-13-19-31(39)25-41(36)29-16-9-6-10-17-29/h5-11,14-17,20-21,26-27,30-31,35-36H,12-13,18-19,22-25H2,1-4H3/t30-,31-,35-,36+/m0/s1. The minimum atomic E-state index is 0.0379. The minimum absolute atomic E-state index is 0.0379. The van der Waals surface area contributed by atoms with Gasteiger partial charge >= 0.3 is 0 Å². The molecule has 0 bridgehead atoms. The second kappa shape index (κ2) is 11.6. The lowest BCUT2D eigenvalue weighted by atomic mass is 9.93. The van der Waals surface area contributed by atoms with Crippen LogP contribution in [0.2, 0.25) is 0 Å². The third-order valence-corrected chi connectivity index (χ3v) is 10.3. The lowest BCUT2D eigenvalue weighted by Crippen LogP contribution is -2.44. The van der Waals surface area contributed by atoms with Crippen molar-refractivity contribution in [2.75, 3.05) is 36.0 Å². The van der Waals surface area contributed by atoms with E-state index in [1.807, 2.05) is 0 Å². The van der Waals surface area contributed by atoms with Gasteiger partial charge in [0, 0.05) is 72.8 Å². The molecule has 0 N–H and O–H groups in total. The largest absolute Gasteiger partial charge is 0.350 e. The molecule has 4 heterocycles. The molecule has 6 heteroatoms. The predicted molar refractivity (Wildman–Crippen MR) is 175 cm³/mol. The number of nitrogens with zero attached hydrogens (tertiary/aromatic N) is 5. The predicted octanol–water partition coefficient (Wildman–Crippen LogP) is 6.91. The van der Waals surface area contributed by atoms with E-state index in [-0.39, 0.29) is 30.3 Å². The van der Waals surface area contributed by atoms with Crippen molar-refractivity contribution in [3.05, 3.63) is 95.6 Å². The summed E-state index contributed by atoms with van der Waals surface area (Å²) < 4.78 is 0. The van der Waals surface area contributed by atoms with E-state index >= 15 is 4.79 Å². The first-order valence-corrected chi connectivity index (χ1v) is 16.5. The zero-order valence-corrected chi connectivity index (χ0v) is 26.3. The molecule has 43 heavy (non-hydrogen) atoms. The van der Waals surface area contributed by atoms with Crippen LogP contribution in [0.5, 0.6) is 0 Å². The maximum atomic E-state index is 15.1. The first-order valence-electron chi connectivity index (χ1n) is 16.5. The molecule has 0 spiro atoms. The van der Waals surface area contributed by atoms with Crippen molar-refractivity contribution in [2.24, 2.45) is 0 Å². The highest BCUT2D eigenvalue weighted by molar-refractivity contribution is 5.98. The normalized spacial score (nSPS) is 25.6. The van der Waals surface area contributed by atoms with Crippen molar-refractivity contribution >= 4 is 17.3 Å². The number of carbonyl (C=O) groups excluding carboxylic acids is 1. The molecule has 226 valence electrons. The van der Waals surface area contributed by atoms with Crippen LogP contribution in [-0.2, 0) is 0 Å². The van der Waals surface area contributed by atoms with E-state index in [1.54, 1.807) is 0 Å². The molecule has 4 fully saturated rings. The van der Waals surface area contributed by atoms with E-state index in [2.05, 4.69) is 131 Å². The van der Waals surface area contributed by atoms with Gasteiger partial charge in [-0.1, -0.05) is 54.6 Å². The van der Waals surface area contributed by atoms with E-state index < -0.39 is 0 Å². The minimum Gasteiger partial charge on any atom is -0.350 e. The molecule has 0 aliphatic carbocycles. The molecule has 4 aliphatic heterocycles. The number of amides is 1. The number of carbonyl (C=O) groups is 1. The van der Waals surface area contributed by atoms with Crippen LogP contribution in [0.3, 0.4) is 0 Å². The Morgan fingerprint density at radius 3 is 1.51 bits per heavy atom. The van der Waals surface area contributed by atoms with Crippen LogP contribution in [0.15, 0.2) is 78.9 Å². The zero-order chi connectivity index (χ0) is 29.7. The highest BCUT2D eigenvalue weighted by Gasteiger charge is 2.48. The fourth-order valence-electron chi connectivity index (χ4n) is 8.65. The SMILES string of the molecule is CC(C)N(C(=O)c1c([C@@H]2N(c3ccccc3)C[C@@H]3CCCN32)cccc1[C@H]1N(c2ccccc2)C[C@@H]2CCCN21)C(C)C. The first-order chi connectivity index (χ1) is 20.9. The summed E-state index contributed by atoms with van der Waals surface area (Å²) in [5, 5.41) is 0. The van der Waals surface area contributed by atoms with Crippen LogP contribution in [-0.4, -0.2) is 71.0 Å². The van der Waals surface area contributed by atoms with E-state index in [0.29, 0.717) is 12.1 Å². The average Bonchev–Trinajstić information content (AvgIpc) is 3.78. The summed E-state index contributed by atoms with van der Waals surface area (Å²) >= 11 is 0. The molecule has 7 rings (SSSR count). The molecule has 0 unspecified atom stereocenters. The summed E-state index contributed by atoms with van der Waals surface area (Å²) in [6.45, 7) is 12.8. The van der Waals surface area contributed by atoms with E-state index in [0.717, 1.165) is 42.9 Å². The number of hydrogen-bond donors (Lipinski definition) is 0. The van der Waals surface area contributed by atoms with E-state index in [4.69, 9.17) is 0 Å². The van der Waals surface area contributed by atoms with Crippen molar-refractivity contribution in [3.8, 4) is 0 Å². The summed E-state index contributed by atoms with van der Waals surface area (Å²) in [6, 6.07) is 29.7. The molecule has 0 radical (unpaired) electrons. The molecular formula is C37H47N5O. The maximum absolute atomic E-state index is 15.1. The van der Waals surface area contributed by atoms with Gasteiger partial charge in [0.15, 0.2) is 0 Å². The number of anilines is 2. The van der Waals surface area contributed by atoms with Gasteiger partial charge in [0.2, 0.25) is 0 Å². The molecule has 4 saturated heterocycles. The second-order valence-corrected chi connectivity index (χ2v) is 13.5. The first kappa shape index (κ1) is 28.4. The molecular weight excluding hydrogens is 530 g/mol. The molecule has 3 aromatic carbocycles. The number of benzene rings is 3. The summed E-state index contributed by atoms with van der Waals surface area (Å²) in [4.78, 5) is 27.7. The van der Waals surface area contributed by atoms with Gasteiger partial charge in [0.25, 0.3) is 5.91 Å². The zero-order valence-electron chi connectivity index (χ0n) is 26.3. The quantitative estimate of drug-likeness (QED) is 0.305. The average molecular weight is 578 g/mol. The van der Waals surface area contributed by atoms with Gasteiger partial charge in [-0.2, -0.15) is 0 Å². The molecule has 0 aromatic heterocycles. The monoisotopic (exact) mass is 577 g/mol. The highest BCUT2D eigenvalue weighted by Crippen LogP contribution is 2.47. The summed E-state index contributed by atoms with van der Waals surface area (Å²) in [5.74, 6) is 0.168. The van der Waals surface area contributed by atoms with Crippen LogP contribution < -0.4 is 9.80 Å². The van der Waals surface area contributed by atoms with Crippen molar-refractivity contribution in [2.45, 2.75) is 89.9 Å². The summed E-state index contributed by atoms with van der Waals surface area (Å²) in [6.07, 6.45) is 4.94. The van der Waals surface area contributed by atoms with Gasteiger partial charge < -0.3 is 14.7 Å². The number of hydrogen-bond acceptors (Lipinski definition) is 5. The Morgan fingerprint density at radius 1 is 0.651 bits per heavy atom. The van der Waals surface area contributed by atoms with Gasteiger partial charge in [0.05, 0.1) is 5.56 Å². The Hall–Kier alpha value is -3.35.